The molecule has 27 heavy (non-hydrogen) atoms. The van der Waals surface area contributed by atoms with Crippen LogP contribution in [-0.2, 0) is 4.74 Å². The van der Waals surface area contributed by atoms with E-state index in [1.165, 1.54) is 10.5 Å². The van der Waals surface area contributed by atoms with E-state index in [0.29, 0.717) is 0 Å². The summed E-state index contributed by atoms with van der Waals surface area (Å²) in [5.74, 6) is 2.00. The molecule has 142 valence electrons. The van der Waals surface area contributed by atoms with Crippen LogP contribution in [0.1, 0.15) is 5.56 Å². The highest BCUT2D eigenvalue weighted by Crippen LogP contribution is 2.32. The molecule has 1 aromatic carbocycles. The zero-order valence-electron chi connectivity index (χ0n) is 15.7. The zero-order valence-corrected chi connectivity index (χ0v) is 17.4. The molecule has 0 bridgehead atoms. The number of morpholine rings is 1. The molecule has 0 unspecified atom stereocenters. The lowest BCUT2D eigenvalue weighted by molar-refractivity contribution is 0.0410. The topological polar surface area (TPSA) is 43.2 Å². The van der Waals surface area contributed by atoms with Crippen LogP contribution in [0.4, 0.5) is 0 Å². The normalized spacial score (nSPS) is 15.5. The number of ether oxygens (including phenoxy) is 1. The van der Waals surface area contributed by atoms with Gasteiger partial charge in [0.2, 0.25) is 0 Å². The fraction of sp³-hybridized carbons (Fsp3) is 0.400. The van der Waals surface area contributed by atoms with Crippen molar-refractivity contribution in [3.05, 3.63) is 42.1 Å². The van der Waals surface area contributed by atoms with Gasteiger partial charge in [-0.15, -0.1) is 11.8 Å². The first kappa shape index (κ1) is 18.8. The van der Waals surface area contributed by atoms with Crippen molar-refractivity contribution in [1.82, 2.24) is 18.8 Å². The third kappa shape index (κ3) is 4.01. The molecule has 5 nitrogen and oxygen atoms in total. The summed E-state index contributed by atoms with van der Waals surface area (Å²) in [5, 5.41) is 0. The van der Waals surface area contributed by atoms with Crippen molar-refractivity contribution in [2.24, 2.45) is 0 Å². The van der Waals surface area contributed by atoms with Crippen LogP contribution in [0.2, 0.25) is 0 Å². The van der Waals surface area contributed by atoms with Gasteiger partial charge >= 0.3 is 0 Å². The molecule has 1 aliphatic heterocycles. The highest BCUT2D eigenvalue weighted by Gasteiger charge is 2.17. The highest BCUT2D eigenvalue weighted by atomic mass is 32.2. The van der Waals surface area contributed by atoms with Gasteiger partial charge in [0, 0.05) is 42.7 Å². The average Bonchev–Trinajstić information content (AvgIpc) is 3.08. The Balaban J connectivity index is 1.57. The van der Waals surface area contributed by atoms with Gasteiger partial charge in [0.1, 0.15) is 5.69 Å². The molecule has 1 fully saturated rings. The second-order valence-electron chi connectivity index (χ2n) is 6.49. The summed E-state index contributed by atoms with van der Waals surface area (Å²) in [4.78, 5) is 13.3. The molecular formula is C20H24N4OS2. The molecule has 0 aliphatic carbocycles. The number of hydrogen-bond donors (Lipinski definition) is 0. The van der Waals surface area contributed by atoms with Crippen LogP contribution in [0.3, 0.4) is 0 Å². The minimum atomic E-state index is 0.855. The Morgan fingerprint density at radius 2 is 1.96 bits per heavy atom. The van der Waals surface area contributed by atoms with Gasteiger partial charge in [0.05, 0.1) is 24.2 Å². The summed E-state index contributed by atoms with van der Waals surface area (Å²) in [6.07, 6.45) is 3.98. The quantitative estimate of drug-likeness (QED) is 0.584. The van der Waals surface area contributed by atoms with Gasteiger partial charge in [-0.05, 0) is 42.6 Å². The minimum absolute atomic E-state index is 0.855. The summed E-state index contributed by atoms with van der Waals surface area (Å²) in [6, 6.07) is 10.4. The lowest BCUT2D eigenvalue weighted by Crippen LogP contribution is -2.37. The molecule has 0 saturated carbocycles. The lowest BCUT2D eigenvalue weighted by Gasteiger charge is -2.26. The number of para-hydroxylation sites is 2. The molecule has 0 radical (unpaired) electrons. The second-order valence-corrected chi connectivity index (χ2v) is 8.35. The summed E-state index contributed by atoms with van der Waals surface area (Å²) >= 11 is 3.57. The molecule has 0 atom stereocenters. The Hall–Kier alpha value is -1.54. The maximum absolute atomic E-state index is 5.43. The molecule has 0 amide bonds. The highest BCUT2D eigenvalue weighted by molar-refractivity contribution is 7.99. The van der Waals surface area contributed by atoms with Gasteiger partial charge in [-0.2, -0.15) is 0 Å². The fourth-order valence-electron chi connectivity index (χ4n) is 3.35. The standard InChI is InChI=1S/C20H24N4OS2/c1-15-18(27-14-11-23-9-12-25-13-10-23)7-8-21-19(15)20-22-16-5-3-4-6-17(16)24(20)26-2/h3-8H,9-14H2,1-2H3. The molecule has 1 saturated heterocycles. The summed E-state index contributed by atoms with van der Waals surface area (Å²) in [7, 11) is 0. The number of hydrogen-bond acceptors (Lipinski definition) is 6. The molecule has 4 rings (SSSR count). The fourth-order valence-corrected chi connectivity index (χ4v) is 5.04. The molecule has 1 aliphatic rings. The van der Waals surface area contributed by atoms with E-state index in [1.54, 1.807) is 11.9 Å². The first-order valence-corrected chi connectivity index (χ1v) is 11.4. The summed E-state index contributed by atoms with van der Waals surface area (Å²) in [5.41, 5.74) is 4.31. The van der Waals surface area contributed by atoms with Crippen molar-refractivity contribution < 1.29 is 4.74 Å². The number of thioether (sulfide) groups is 1. The molecular weight excluding hydrogens is 376 g/mol. The van der Waals surface area contributed by atoms with Crippen molar-refractivity contribution in [3.8, 4) is 11.5 Å². The smallest absolute Gasteiger partial charge is 0.170 e. The van der Waals surface area contributed by atoms with E-state index >= 15 is 0 Å². The van der Waals surface area contributed by atoms with Crippen LogP contribution in [-0.4, -0.2) is 63.7 Å². The minimum Gasteiger partial charge on any atom is -0.379 e. The summed E-state index contributed by atoms with van der Waals surface area (Å²) in [6.45, 7) is 7.04. The van der Waals surface area contributed by atoms with Crippen LogP contribution >= 0.6 is 23.7 Å². The number of nitrogens with zero attached hydrogens (tertiary/aromatic N) is 4. The average molecular weight is 401 g/mol. The van der Waals surface area contributed by atoms with E-state index in [-0.39, 0.29) is 0 Å². The molecule has 7 heteroatoms. The Labute approximate surface area is 168 Å². The Bertz CT molecular complexity index is 921. The lowest BCUT2D eigenvalue weighted by atomic mass is 10.2. The largest absolute Gasteiger partial charge is 0.379 e. The van der Waals surface area contributed by atoms with Crippen LogP contribution in [0.5, 0.6) is 0 Å². The van der Waals surface area contributed by atoms with Crippen molar-refractivity contribution in [1.29, 1.82) is 0 Å². The van der Waals surface area contributed by atoms with Gasteiger partial charge in [0.15, 0.2) is 5.82 Å². The summed E-state index contributed by atoms with van der Waals surface area (Å²) < 4.78 is 7.60. The molecule has 3 heterocycles. The predicted molar refractivity (Wildman–Crippen MR) is 115 cm³/mol. The van der Waals surface area contributed by atoms with Crippen LogP contribution in [0.15, 0.2) is 41.4 Å². The second kappa shape index (κ2) is 8.65. The van der Waals surface area contributed by atoms with Gasteiger partial charge < -0.3 is 4.74 Å². The predicted octanol–water partition coefficient (Wildman–Crippen LogP) is 3.96. The van der Waals surface area contributed by atoms with E-state index in [4.69, 9.17) is 9.72 Å². The Kier molecular flexibility index (Phi) is 6.02. The number of benzene rings is 1. The number of fused-ring (bicyclic) bond motifs is 1. The van der Waals surface area contributed by atoms with E-state index < -0.39 is 0 Å². The first-order chi connectivity index (χ1) is 13.3. The van der Waals surface area contributed by atoms with Gasteiger partial charge in [-0.3, -0.25) is 13.9 Å². The third-order valence-electron chi connectivity index (χ3n) is 4.84. The maximum Gasteiger partial charge on any atom is 0.170 e. The number of pyridine rings is 1. The Morgan fingerprint density at radius 1 is 1.15 bits per heavy atom. The Morgan fingerprint density at radius 3 is 2.78 bits per heavy atom. The molecule has 2 aromatic heterocycles. The zero-order chi connectivity index (χ0) is 18.6. The van der Waals surface area contributed by atoms with Crippen molar-refractivity contribution in [2.75, 3.05) is 44.9 Å². The first-order valence-electron chi connectivity index (χ1n) is 9.19. The van der Waals surface area contributed by atoms with E-state index in [9.17, 15) is 0 Å². The van der Waals surface area contributed by atoms with Gasteiger partial charge in [-0.25, -0.2) is 4.98 Å². The van der Waals surface area contributed by atoms with Gasteiger partial charge in [-0.1, -0.05) is 12.1 Å². The SMILES string of the molecule is CSn1c(-c2nccc(SCCN3CCOCC3)c2C)nc2ccccc21. The van der Waals surface area contributed by atoms with Gasteiger partial charge in [0.25, 0.3) is 0 Å². The monoisotopic (exact) mass is 400 g/mol. The van der Waals surface area contributed by atoms with Crippen molar-refractivity contribution in [2.45, 2.75) is 11.8 Å². The van der Waals surface area contributed by atoms with Crippen LogP contribution < -0.4 is 0 Å². The van der Waals surface area contributed by atoms with Crippen LogP contribution in [0, 0.1) is 6.92 Å². The van der Waals surface area contributed by atoms with E-state index in [2.05, 4.69) is 51.3 Å². The van der Waals surface area contributed by atoms with Crippen LogP contribution in [0.25, 0.3) is 22.6 Å². The molecule has 0 spiro atoms. The number of rotatable bonds is 6. The van der Waals surface area contributed by atoms with E-state index in [1.807, 2.05) is 24.0 Å². The maximum atomic E-state index is 5.43. The van der Waals surface area contributed by atoms with Crippen molar-refractivity contribution in [3.63, 3.8) is 0 Å². The molecule has 0 N–H and O–H groups in total. The van der Waals surface area contributed by atoms with Crippen molar-refractivity contribution >= 4 is 34.7 Å². The number of imidazole rings is 1. The third-order valence-corrected chi connectivity index (χ3v) is 6.71. The number of aromatic nitrogens is 3. The van der Waals surface area contributed by atoms with E-state index in [0.717, 1.165) is 61.2 Å². The molecule has 3 aromatic rings.